The van der Waals surface area contributed by atoms with Crippen LogP contribution >= 0.6 is 36.9 Å². The molecule has 1 heterocycles. The minimum atomic E-state index is -5.44. The average Bonchev–Trinajstić information content (AvgIpc) is 2.33. The summed E-state index contributed by atoms with van der Waals surface area (Å²) >= 11 is 12.2. The van der Waals surface area contributed by atoms with Crippen LogP contribution < -0.4 is 5.32 Å². The highest BCUT2D eigenvalue weighted by molar-refractivity contribution is 7.97. The van der Waals surface area contributed by atoms with Crippen LogP contribution in [0.1, 0.15) is 20.3 Å². The normalized spacial score (nSPS) is 28.2. The molecule has 0 aromatic rings. The van der Waals surface area contributed by atoms with E-state index in [-0.39, 0.29) is 6.42 Å². The Balaban J connectivity index is 3.83. The fourth-order valence-corrected chi connectivity index (χ4v) is 3.87. The van der Waals surface area contributed by atoms with Crippen LogP contribution in [0.5, 0.6) is 0 Å². The summed E-state index contributed by atoms with van der Waals surface area (Å²) < 4.78 is 80.2. The molecule has 1 aliphatic heterocycles. The van der Waals surface area contributed by atoms with Gasteiger partial charge in [-0.3, -0.25) is 9.59 Å². The molecule has 0 amide bonds. The molecule has 0 aromatic heterocycles. The number of nitrogens with one attached hydrogen (secondary N) is 1. The summed E-state index contributed by atoms with van der Waals surface area (Å²) in [5.41, 5.74) is -3.01. The van der Waals surface area contributed by atoms with Crippen molar-refractivity contribution >= 4 is 47.1 Å². The van der Waals surface area contributed by atoms with Crippen LogP contribution in [0, 0.1) is 17.8 Å². The first-order valence-electron chi connectivity index (χ1n) is 6.85. The second-order valence-corrected chi connectivity index (χ2v) is 7.42. The summed E-state index contributed by atoms with van der Waals surface area (Å²) in [6, 6.07) is 0. The van der Waals surface area contributed by atoms with Crippen molar-refractivity contribution in [1.29, 1.82) is 0 Å². The van der Waals surface area contributed by atoms with Gasteiger partial charge in [-0.15, -0.1) is 25.3 Å². The van der Waals surface area contributed by atoms with Crippen molar-refractivity contribution in [2.45, 2.75) is 37.6 Å². The predicted molar refractivity (Wildman–Crippen MR) is 85.3 cm³/mol. The van der Waals surface area contributed by atoms with Gasteiger partial charge in [-0.1, -0.05) is 25.4 Å². The number of halogens is 7. The van der Waals surface area contributed by atoms with E-state index < -0.39 is 56.6 Å². The number of carbonyl (C=O) groups is 2. The van der Waals surface area contributed by atoms with Gasteiger partial charge in [0, 0.05) is 11.5 Å². The van der Waals surface area contributed by atoms with Crippen molar-refractivity contribution < 1.29 is 35.9 Å². The Hall–Kier alpha value is -0.550. The maximum atomic E-state index is 13.5. The molecule has 3 atom stereocenters. The van der Waals surface area contributed by atoms with Gasteiger partial charge in [0.1, 0.15) is 5.70 Å². The number of alkyl halides is 7. The monoisotopic (exact) mass is 429 g/mol. The molecule has 3 unspecified atom stereocenters. The standard InChI is InChI=1S/C13H14ClF6NO2S2/c1-4(2)3-5-6(9(22)24)8(12(15,16)17)21-11(14,13(18,19)20)7(5)10(23)25/h4-5,7,21H,3H2,1-2H3,(H,22,24)(H,23,25). The lowest BCUT2D eigenvalue weighted by Crippen LogP contribution is -2.65. The first kappa shape index (κ1) is 22.5. The summed E-state index contributed by atoms with van der Waals surface area (Å²) in [7, 11) is 0. The molecular formula is C13H14ClF6NO2S2. The summed E-state index contributed by atoms with van der Waals surface area (Å²) in [6.45, 7) is 3.03. The third-order valence-electron chi connectivity index (χ3n) is 3.70. The van der Waals surface area contributed by atoms with E-state index in [1.807, 2.05) is 0 Å². The summed E-state index contributed by atoms with van der Waals surface area (Å²) in [5, 5.41) is -1.66. The van der Waals surface area contributed by atoms with Crippen molar-refractivity contribution in [2.24, 2.45) is 17.8 Å². The highest BCUT2D eigenvalue weighted by Gasteiger charge is 2.67. The number of hydrogen-bond donors (Lipinski definition) is 3. The molecule has 0 fully saturated rings. The maximum absolute atomic E-state index is 13.5. The number of thiol groups is 2. The third-order valence-corrected chi connectivity index (χ3v) is 4.76. The van der Waals surface area contributed by atoms with Crippen LogP contribution in [0.2, 0.25) is 0 Å². The van der Waals surface area contributed by atoms with Gasteiger partial charge in [0.2, 0.25) is 10.1 Å². The molecule has 0 saturated carbocycles. The smallest absolute Gasteiger partial charge is 0.354 e. The molecule has 25 heavy (non-hydrogen) atoms. The molecule has 0 saturated heterocycles. The van der Waals surface area contributed by atoms with E-state index in [2.05, 4.69) is 25.3 Å². The largest absolute Gasteiger partial charge is 0.431 e. The molecule has 1 rings (SSSR count). The zero-order valence-corrected chi connectivity index (χ0v) is 15.3. The van der Waals surface area contributed by atoms with Gasteiger partial charge in [-0.05, 0) is 12.3 Å². The Kier molecular flexibility index (Phi) is 6.50. The van der Waals surface area contributed by atoms with Crippen molar-refractivity contribution in [3.63, 3.8) is 0 Å². The molecule has 3 nitrogen and oxygen atoms in total. The lowest BCUT2D eigenvalue weighted by molar-refractivity contribution is -0.195. The lowest BCUT2D eigenvalue weighted by Gasteiger charge is -2.46. The SMILES string of the molecule is CC(C)CC1C(C(=O)S)=C(C(F)(F)F)NC(Cl)(C(F)(F)F)C1C(=O)S. The summed E-state index contributed by atoms with van der Waals surface area (Å²) in [5.74, 6) is -4.45. The molecule has 1 N–H and O–H groups in total. The Bertz CT molecular complexity index is 604. The van der Waals surface area contributed by atoms with Gasteiger partial charge in [-0.2, -0.15) is 26.3 Å². The van der Waals surface area contributed by atoms with E-state index in [9.17, 15) is 35.9 Å². The first-order valence-corrected chi connectivity index (χ1v) is 8.12. The van der Waals surface area contributed by atoms with Crippen molar-refractivity contribution in [3.8, 4) is 0 Å². The second kappa shape index (κ2) is 7.22. The molecule has 12 heteroatoms. The number of allylic oxidation sites excluding steroid dienone is 1. The van der Waals surface area contributed by atoms with E-state index >= 15 is 0 Å². The van der Waals surface area contributed by atoms with Crippen LogP contribution in [0.15, 0.2) is 11.3 Å². The minimum absolute atomic E-state index is 0.329. The van der Waals surface area contributed by atoms with Gasteiger partial charge < -0.3 is 5.32 Å². The molecule has 0 aromatic carbocycles. The average molecular weight is 430 g/mol. The number of carbonyl (C=O) groups excluding carboxylic acids is 2. The highest BCUT2D eigenvalue weighted by atomic mass is 35.5. The van der Waals surface area contributed by atoms with E-state index in [4.69, 9.17) is 11.6 Å². The first-order chi connectivity index (χ1) is 11.0. The van der Waals surface area contributed by atoms with Crippen molar-refractivity contribution in [3.05, 3.63) is 11.3 Å². The Labute approximate surface area is 155 Å². The molecule has 0 spiro atoms. The summed E-state index contributed by atoms with van der Waals surface area (Å²) in [6.07, 6.45) is -11.1. The zero-order chi connectivity index (χ0) is 20.0. The van der Waals surface area contributed by atoms with E-state index in [1.165, 1.54) is 13.8 Å². The Morgan fingerprint density at radius 1 is 1.20 bits per heavy atom. The van der Waals surface area contributed by atoms with Crippen LogP contribution in [-0.2, 0) is 9.59 Å². The Morgan fingerprint density at radius 3 is 1.96 bits per heavy atom. The van der Waals surface area contributed by atoms with Crippen LogP contribution in [0.25, 0.3) is 0 Å². The van der Waals surface area contributed by atoms with Gasteiger partial charge >= 0.3 is 12.4 Å². The van der Waals surface area contributed by atoms with Crippen LogP contribution in [-0.4, -0.2) is 27.6 Å². The maximum Gasteiger partial charge on any atom is 0.431 e. The minimum Gasteiger partial charge on any atom is -0.354 e. The highest BCUT2D eigenvalue weighted by Crippen LogP contribution is 2.53. The van der Waals surface area contributed by atoms with Gasteiger partial charge in [0.05, 0.1) is 5.92 Å². The molecular weight excluding hydrogens is 416 g/mol. The van der Waals surface area contributed by atoms with Crippen LogP contribution in [0.4, 0.5) is 26.3 Å². The number of rotatable bonds is 4. The fraction of sp³-hybridized carbons (Fsp3) is 0.692. The Morgan fingerprint density at radius 2 is 1.68 bits per heavy atom. The second-order valence-electron chi connectivity index (χ2n) is 5.98. The number of hydrogen-bond acceptors (Lipinski definition) is 3. The lowest BCUT2D eigenvalue weighted by atomic mass is 9.73. The topological polar surface area (TPSA) is 46.2 Å². The van der Waals surface area contributed by atoms with Crippen molar-refractivity contribution in [1.82, 2.24) is 5.32 Å². The molecule has 0 aliphatic carbocycles. The molecule has 0 bridgehead atoms. The quantitative estimate of drug-likeness (QED) is 0.273. The van der Waals surface area contributed by atoms with E-state index in [0.29, 0.717) is 0 Å². The molecule has 144 valence electrons. The fourth-order valence-electron chi connectivity index (χ4n) is 2.80. The summed E-state index contributed by atoms with van der Waals surface area (Å²) in [4.78, 5) is 19.7. The third kappa shape index (κ3) is 4.41. The van der Waals surface area contributed by atoms with Gasteiger partial charge in [-0.25, -0.2) is 0 Å². The molecule has 0 radical (unpaired) electrons. The van der Waals surface area contributed by atoms with Crippen LogP contribution in [0.3, 0.4) is 0 Å². The molecule has 1 aliphatic rings. The van der Waals surface area contributed by atoms with Crippen molar-refractivity contribution in [2.75, 3.05) is 0 Å². The van der Waals surface area contributed by atoms with E-state index in [0.717, 1.165) is 5.32 Å². The predicted octanol–water partition coefficient (Wildman–Crippen LogP) is 4.09. The zero-order valence-electron chi connectivity index (χ0n) is 12.8. The van der Waals surface area contributed by atoms with Gasteiger partial charge in [0.15, 0.2) is 5.12 Å². The van der Waals surface area contributed by atoms with E-state index in [1.54, 1.807) is 0 Å². The van der Waals surface area contributed by atoms with Gasteiger partial charge in [0.25, 0.3) is 0 Å².